The van der Waals surface area contributed by atoms with Gasteiger partial charge in [-0.2, -0.15) is 0 Å². The van der Waals surface area contributed by atoms with Crippen LogP contribution in [0.5, 0.6) is 0 Å². The van der Waals surface area contributed by atoms with Crippen molar-refractivity contribution in [1.29, 1.82) is 10.8 Å². The lowest BCUT2D eigenvalue weighted by Crippen LogP contribution is -2.16. The van der Waals surface area contributed by atoms with Crippen LogP contribution in [0, 0.1) is 33.7 Å². The molecule has 0 radical (unpaired) electrons. The van der Waals surface area contributed by atoms with Crippen LogP contribution in [-0.2, 0) is 0 Å². The van der Waals surface area contributed by atoms with Crippen LogP contribution in [0.1, 0.15) is 45.0 Å². The van der Waals surface area contributed by atoms with Crippen LogP contribution in [0.25, 0.3) is 90.9 Å². The molecule has 0 fully saturated rings. The Morgan fingerprint density at radius 3 is 0.909 bits per heavy atom. The van der Waals surface area contributed by atoms with Gasteiger partial charge in [-0.15, -0.1) is 11.1 Å². The number of nitrogens with one attached hydrogen (secondary N) is 4. The lowest BCUT2D eigenvalue weighted by molar-refractivity contribution is 1.31. The van der Waals surface area contributed by atoms with Gasteiger partial charge in [0, 0.05) is 66.6 Å². The number of nitrogen functional groups attached to an aromatic ring is 2. The SMILES string of the molecule is C[Si](C)(C)C#Cc1ccc(-c2c3nc(c(-c4ccc(C(=N)N)cc4)c4ccc([nH]4)c(-c4ccc(C#C[Si](C)(C)C)cc4)c4nc(c(-c5ccc(C(=N)N)cc5)c5ccc2[nH]5)C=C4)C=C3)cc1. The van der Waals surface area contributed by atoms with Crippen molar-refractivity contribution in [3.8, 4) is 67.4 Å². The molecule has 0 saturated heterocycles. The average Bonchev–Trinajstić information content (AvgIpc) is 4.14. The molecule has 322 valence electrons. The Bertz CT molecular complexity index is 3230. The van der Waals surface area contributed by atoms with Crippen molar-refractivity contribution in [2.45, 2.75) is 39.3 Å². The Balaban J connectivity index is 1.39. The largest absolute Gasteiger partial charge is 0.384 e. The molecular weight excluding hydrogens is 841 g/mol. The minimum Gasteiger partial charge on any atom is -0.384 e. The third-order valence-corrected chi connectivity index (χ3v) is 13.0. The second-order valence-electron chi connectivity index (χ2n) is 18.6. The maximum atomic E-state index is 8.09. The van der Waals surface area contributed by atoms with Crippen molar-refractivity contribution in [2.75, 3.05) is 0 Å². The fourth-order valence-electron chi connectivity index (χ4n) is 8.01. The van der Waals surface area contributed by atoms with E-state index in [1.54, 1.807) is 0 Å². The van der Waals surface area contributed by atoms with Gasteiger partial charge in [-0.3, -0.25) is 10.8 Å². The minimum atomic E-state index is -1.58. The van der Waals surface area contributed by atoms with Gasteiger partial charge in [0.05, 0.1) is 22.8 Å². The van der Waals surface area contributed by atoms with E-state index in [0.717, 1.165) is 100 Å². The third-order valence-electron chi connectivity index (χ3n) is 11.2. The van der Waals surface area contributed by atoms with Crippen molar-refractivity contribution in [1.82, 2.24) is 19.9 Å². The Morgan fingerprint density at radius 2 is 0.667 bits per heavy atom. The molecule has 2 aliphatic rings. The van der Waals surface area contributed by atoms with Crippen molar-refractivity contribution in [3.63, 3.8) is 0 Å². The van der Waals surface area contributed by atoms with Gasteiger partial charge in [-0.05, 0) is 95.1 Å². The zero-order chi connectivity index (χ0) is 46.3. The van der Waals surface area contributed by atoms with Gasteiger partial charge in [0.2, 0.25) is 0 Å². The molecule has 4 aromatic carbocycles. The molecule has 3 aromatic heterocycles. The highest BCUT2D eigenvalue weighted by Gasteiger charge is 2.20. The molecule has 0 aliphatic carbocycles. The predicted octanol–water partition coefficient (Wildman–Crippen LogP) is 12.3. The number of amidine groups is 2. The zero-order valence-corrected chi connectivity index (χ0v) is 39.9. The summed E-state index contributed by atoms with van der Waals surface area (Å²) in [5.74, 6) is 6.83. The minimum absolute atomic E-state index is 0.00855. The van der Waals surface area contributed by atoms with E-state index in [1.807, 2.05) is 48.5 Å². The van der Waals surface area contributed by atoms with Crippen molar-refractivity contribution >= 4 is 74.2 Å². The molecule has 7 aromatic rings. The topological polar surface area (TPSA) is 157 Å². The number of aromatic nitrogens is 4. The summed E-state index contributed by atoms with van der Waals surface area (Å²) in [6, 6.07) is 40.8. The maximum absolute atomic E-state index is 8.09. The molecule has 2 aliphatic heterocycles. The molecule has 10 heteroatoms. The number of fused-ring (bicyclic) bond motifs is 8. The fraction of sp³-hybridized carbons (Fsp3) is 0.107. The highest BCUT2D eigenvalue weighted by Crippen LogP contribution is 2.38. The number of H-pyrrole nitrogens is 2. The summed E-state index contributed by atoms with van der Waals surface area (Å²) in [5, 5.41) is 16.2. The van der Waals surface area contributed by atoms with E-state index < -0.39 is 16.1 Å². The van der Waals surface area contributed by atoms with E-state index in [9.17, 15) is 0 Å². The van der Waals surface area contributed by atoms with Gasteiger partial charge < -0.3 is 21.4 Å². The van der Waals surface area contributed by atoms with E-state index in [4.69, 9.17) is 32.3 Å². The molecule has 66 heavy (non-hydrogen) atoms. The van der Waals surface area contributed by atoms with Gasteiger partial charge in [-0.1, -0.05) is 124 Å². The quantitative estimate of drug-likeness (QED) is 0.0425. The molecule has 0 spiro atoms. The summed E-state index contributed by atoms with van der Waals surface area (Å²) in [5.41, 5.74) is 36.2. The number of nitrogens with zero attached hydrogens (tertiary/aromatic N) is 2. The number of hydrogen-bond acceptors (Lipinski definition) is 4. The normalized spacial score (nSPS) is 12.0. The van der Waals surface area contributed by atoms with Crippen LogP contribution in [0.4, 0.5) is 0 Å². The fourth-order valence-corrected chi connectivity index (χ4v) is 9.05. The molecule has 0 amide bonds. The van der Waals surface area contributed by atoms with Crippen LogP contribution in [0.2, 0.25) is 39.3 Å². The first-order chi connectivity index (χ1) is 31.6. The maximum Gasteiger partial charge on any atom is 0.129 e. The predicted molar refractivity (Wildman–Crippen MR) is 283 cm³/mol. The monoisotopic (exact) mass is 890 g/mol. The highest BCUT2D eigenvalue weighted by atomic mass is 28.3. The van der Waals surface area contributed by atoms with E-state index in [0.29, 0.717) is 11.1 Å². The molecule has 0 saturated carbocycles. The van der Waals surface area contributed by atoms with Crippen molar-refractivity contribution < 1.29 is 0 Å². The molecule has 8 bridgehead atoms. The standard InChI is InChI=1S/C56H50N8Si2/c1-65(2,3)33-31-35-7-11-37(12-8-35)51-43-23-27-47(61-43)53(39-15-19-41(20-16-39)55(57)58)49-29-25-45(63-49)52(38-13-9-36(10-14-38)32-34-66(4,5)6)46-26-30-50(64-46)54(48-28-24-44(51)62-48)40-17-21-42(22-18-40)56(59)60/h7-30,61,64H,1-6H3,(H3,57,58)(H3,59,60). The van der Waals surface area contributed by atoms with Gasteiger partial charge in [0.1, 0.15) is 27.8 Å². The molecule has 0 unspecified atom stereocenters. The highest BCUT2D eigenvalue weighted by molar-refractivity contribution is 6.84. The molecule has 8 nitrogen and oxygen atoms in total. The van der Waals surface area contributed by atoms with E-state index in [2.05, 4.69) is 169 Å². The summed E-state index contributed by atoms with van der Waals surface area (Å²) < 4.78 is 0. The smallest absolute Gasteiger partial charge is 0.129 e. The number of nitrogens with two attached hydrogens (primary N) is 2. The molecule has 9 rings (SSSR count). The summed E-state index contributed by atoms with van der Waals surface area (Å²) in [4.78, 5) is 18.5. The Labute approximate surface area is 387 Å². The van der Waals surface area contributed by atoms with Crippen LogP contribution in [-0.4, -0.2) is 47.8 Å². The van der Waals surface area contributed by atoms with Gasteiger partial charge in [0.25, 0.3) is 0 Å². The van der Waals surface area contributed by atoms with Crippen LogP contribution >= 0.6 is 0 Å². The summed E-state index contributed by atoms with van der Waals surface area (Å²) in [6.45, 7) is 13.5. The summed E-state index contributed by atoms with van der Waals surface area (Å²) >= 11 is 0. The second-order valence-corrected chi connectivity index (χ2v) is 28.1. The van der Waals surface area contributed by atoms with Crippen LogP contribution in [0.3, 0.4) is 0 Å². The second kappa shape index (κ2) is 17.2. The van der Waals surface area contributed by atoms with Crippen LogP contribution in [0.15, 0.2) is 121 Å². The number of rotatable bonds is 6. The number of hydrogen-bond donors (Lipinski definition) is 6. The van der Waals surface area contributed by atoms with Gasteiger partial charge >= 0.3 is 0 Å². The van der Waals surface area contributed by atoms with E-state index >= 15 is 0 Å². The molecule has 0 atom stereocenters. The summed E-state index contributed by atoms with van der Waals surface area (Å²) in [7, 11) is -3.16. The lowest BCUT2D eigenvalue weighted by atomic mass is 10.0. The van der Waals surface area contributed by atoms with Crippen LogP contribution < -0.4 is 11.5 Å². The Hall–Kier alpha value is -8.03. The lowest BCUT2D eigenvalue weighted by Gasteiger charge is -2.08. The molecule has 5 heterocycles. The zero-order valence-electron chi connectivity index (χ0n) is 37.9. The Morgan fingerprint density at radius 1 is 0.409 bits per heavy atom. The first kappa shape index (κ1) is 43.2. The number of benzene rings is 4. The average molecular weight is 891 g/mol. The first-order valence-corrected chi connectivity index (χ1v) is 28.9. The van der Waals surface area contributed by atoms with Crippen molar-refractivity contribution in [2.24, 2.45) is 11.5 Å². The Kier molecular flexibility index (Phi) is 11.2. The van der Waals surface area contributed by atoms with E-state index in [-0.39, 0.29) is 11.7 Å². The summed E-state index contributed by atoms with van der Waals surface area (Å²) in [6.07, 6.45) is 8.30. The first-order valence-electron chi connectivity index (χ1n) is 21.9. The number of aromatic amines is 2. The van der Waals surface area contributed by atoms with Gasteiger partial charge in [-0.25, -0.2) is 9.97 Å². The van der Waals surface area contributed by atoms with Crippen molar-refractivity contribution in [3.05, 3.63) is 166 Å². The third kappa shape index (κ3) is 9.15. The van der Waals surface area contributed by atoms with E-state index in [1.165, 1.54) is 0 Å². The van der Waals surface area contributed by atoms with Gasteiger partial charge in [0.15, 0.2) is 0 Å². The molecule has 8 N–H and O–H groups in total. The molecular formula is C56H50N8Si2.